The number of rotatable bonds is 10. The molecule has 0 fully saturated rings. The fourth-order valence-corrected chi connectivity index (χ4v) is 3.01. The van der Waals surface area contributed by atoms with E-state index >= 15 is 0 Å². The van der Waals surface area contributed by atoms with Crippen LogP contribution in [0.5, 0.6) is 0 Å². The molecule has 0 saturated heterocycles. The Balaban J connectivity index is 0.00000450. The molecule has 166 valence electrons. The summed E-state index contributed by atoms with van der Waals surface area (Å²) in [7, 11) is 1.76. The first kappa shape index (κ1) is 25.8. The van der Waals surface area contributed by atoms with Gasteiger partial charge in [0.2, 0.25) is 0 Å². The molecule has 7 nitrogen and oxygen atoms in total. The van der Waals surface area contributed by atoms with Gasteiger partial charge in [-0.3, -0.25) is 9.79 Å². The lowest BCUT2D eigenvalue weighted by Gasteiger charge is -2.24. The number of aliphatic imine (C=N–C) groups is 1. The number of likely N-dealkylation sites (N-methyl/N-ethyl adjacent to an activating group) is 1. The lowest BCUT2D eigenvalue weighted by atomic mass is 10.2. The average Bonchev–Trinajstić information content (AvgIpc) is 3.15. The molecule has 0 spiro atoms. The molecule has 2 aromatic rings. The summed E-state index contributed by atoms with van der Waals surface area (Å²) in [5.41, 5.74) is 3.34. The fraction of sp³-hybridized carbons (Fsp3) is 0.455. The maximum atomic E-state index is 12.0. The van der Waals surface area contributed by atoms with Gasteiger partial charge in [0.25, 0.3) is 5.91 Å². The minimum atomic E-state index is -0.175. The smallest absolute Gasteiger partial charge is 0.287 e. The van der Waals surface area contributed by atoms with Gasteiger partial charge in [-0.2, -0.15) is 0 Å². The van der Waals surface area contributed by atoms with E-state index < -0.39 is 0 Å². The summed E-state index contributed by atoms with van der Waals surface area (Å²) in [4.78, 5) is 18.6. The molecule has 0 aliphatic carbocycles. The van der Waals surface area contributed by atoms with Crippen LogP contribution in [0.15, 0.2) is 46.0 Å². The standard InChI is InChI=1S/C22H33N5O2.HI/c1-5-27(19-9-6-8-17(2)16-19)14-13-26-22(23-4)25-12-7-11-24-21(28)20-18(3)10-15-29-20;/h6,8-10,15-16H,5,7,11-14H2,1-4H3,(H,24,28)(H2,23,25,26);1H. The van der Waals surface area contributed by atoms with Crippen LogP contribution in [0, 0.1) is 13.8 Å². The number of carbonyl (C=O) groups is 1. The number of benzene rings is 1. The average molecular weight is 527 g/mol. The normalized spacial score (nSPS) is 10.9. The number of halogens is 1. The van der Waals surface area contributed by atoms with Crippen LogP contribution in [-0.2, 0) is 0 Å². The Morgan fingerprint density at radius 3 is 2.47 bits per heavy atom. The predicted molar refractivity (Wildman–Crippen MR) is 134 cm³/mol. The van der Waals surface area contributed by atoms with Gasteiger partial charge in [0.1, 0.15) is 0 Å². The summed E-state index contributed by atoms with van der Waals surface area (Å²) < 4.78 is 5.19. The van der Waals surface area contributed by atoms with E-state index in [0.29, 0.717) is 18.8 Å². The third-order valence-electron chi connectivity index (χ3n) is 4.65. The molecular weight excluding hydrogens is 493 g/mol. The van der Waals surface area contributed by atoms with Crippen molar-refractivity contribution in [1.82, 2.24) is 16.0 Å². The third kappa shape index (κ3) is 8.25. The highest BCUT2D eigenvalue weighted by molar-refractivity contribution is 14.0. The van der Waals surface area contributed by atoms with E-state index in [4.69, 9.17) is 4.42 Å². The molecule has 3 N–H and O–H groups in total. The lowest BCUT2D eigenvalue weighted by Crippen LogP contribution is -2.42. The van der Waals surface area contributed by atoms with Gasteiger partial charge >= 0.3 is 0 Å². The van der Waals surface area contributed by atoms with Crippen LogP contribution < -0.4 is 20.9 Å². The summed E-state index contributed by atoms with van der Waals surface area (Å²) in [6.45, 7) is 10.0. The summed E-state index contributed by atoms with van der Waals surface area (Å²) in [6.07, 6.45) is 2.32. The number of amides is 1. The number of carbonyl (C=O) groups excluding carboxylic acids is 1. The summed E-state index contributed by atoms with van der Waals surface area (Å²) in [5, 5.41) is 9.48. The summed E-state index contributed by atoms with van der Waals surface area (Å²) >= 11 is 0. The zero-order valence-corrected chi connectivity index (χ0v) is 20.7. The number of anilines is 1. The van der Waals surface area contributed by atoms with Gasteiger partial charge in [-0.15, -0.1) is 24.0 Å². The fourth-order valence-electron chi connectivity index (χ4n) is 3.01. The quantitative estimate of drug-likeness (QED) is 0.191. The van der Waals surface area contributed by atoms with Crippen LogP contribution in [0.1, 0.15) is 35.0 Å². The minimum Gasteiger partial charge on any atom is -0.459 e. The molecule has 0 aliphatic heterocycles. The largest absolute Gasteiger partial charge is 0.459 e. The molecule has 0 radical (unpaired) electrons. The molecule has 8 heteroatoms. The molecule has 0 bridgehead atoms. The molecular formula is C22H34IN5O2. The third-order valence-corrected chi connectivity index (χ3v) is 4.65. The molecule has 1 heterocycles. The second kappa shape index (κ2) is 13.9. The number of aryl methyl sites for hydroxylation is 2. The van der Waals surface area contributed by atoms with Crippen molar-refractivity contribution in [2.75, 3.05) is 44.7 Å². The number of nitrogens with one attached hydrogen (secondary N) is 3. The summed E-state index contributed by atoms with van der Waals surface area (Å²) in [5.74, 6) is 0.967. The Morgan fingerprint density at radius 2 is 1.83 bits per heavy atom. The molecule has 1 amide bonds. The van der Waals surface area contributed by atoms with Crippen molar-refractivity contribution >= 4 is 41.5 Å². The van der Waals surface area contributed by atoms with E-state index in [2.05, 4.69) is 64.0 Å². The minimum absolute atomic E-state index is 0. The van der Waals surface area contributed by atoms with Crippen molar-refractivity contribution in [2.45, 2.75) is 27.2 Å². The number of guanidine groups is 1. The van der Waals surface area contributed by atoms with Gasteiger partial charge in [-0.25, -0.2) is 0 Å². The number of nitrogens with zero attached hydrogens (tertiary/aromatic N) is 2. The van der Waals surface area contributed by atoms with E-state index in [1.807, 2.05) is 6.92 Å². The highest BCUT2D eigenvalue weighted by Crippen LogP contribution is 2.14. The molecule has 0 atom stereocenters. The van der Waals surface area contributed by atoms with Crippen molar-refractivity contribution in [3.8, 4) is 0 Å². The first-order valence-electron chi connectivity index (χ1n) is 10.1. The first-order valence-corrected chi connectivity index (χ1v) is 10.1. The molecule has 0 aliphatic rings. The van der Waals surface area contributed by atoms with Crippen LogP contribution >= 0.6 is 24.0 Å². The predicted octanol–water partition coefficient (Wildman–Crippen LogP) is 3.33. The van der Waals surface area contributed by atoms with Gasteiger partial charge < -0.3 is 25.3 Å². The molecule has 2 rings (SSSR count). The highest BCUT2D eigenvalue weighted by atomic mass is 127. The molecule has 0 unspecified atom stereocenters. The van der Waals surface area contributed by atoms with Gasteiger partial charge in [-0.1, -0.05) is 12.1 Å². The lowest BCUT2D eigenvalue weighted by molar-refractivity contribution is 0.0925. The Kier molecular flexibility index (Phi) is 12.0. The van der Waals surface area contributed by atoms with E-state index in [1.165, 1.54) is 17.5 Å². The van der Waals surface area contributed by atoms with Crippen molar-refractivity contribution < 1.29 is 9.21 Å². The van der Waals surface area contributed by atoms with E-state index in [0.717, 1.165) is 37.6 Å². The highest BCUT2D eigenvalue weighted by Gasteiger charge is 2.11. The van der Waals surface area contributed by atoms with Gasteiger partial charge in [0.15, 0.2) is 11.7 Å². The molecule has 1 aromatic carbocycles. The zero-order chi connectivity index (χ0) is 21.1. The maximum Gasteiger partial charge on any atom is 0.287 e. The van der Waals surface area contributed by atoms with Crippen LogP contribution in [0.4, 0.5) is 5.69 Å². The van der Waals surface area contributed by atoms with Crippen molar-refractivity contribution in [3.05, 3.63) is 53.5 Å². The molecule has 1 aromatic heterocycles. The molecule has 30 heavy (non-hydrogen) atoms. The zero-order valence-electron chi connectivity index (χ0n) is 18.3. The SMILES string of the molecule is CCN(CCNC(=NC)NCCCNC(=O)c1occc1C)c1cccc(C)c1.I. The van der Waals surface area contributed by atoms with Crippen LogP contribution in [0.3, 0.4) is 0 Å². The Labute approximate surface area is 196 Å². The Morgan fingerprint density at radius 1 is 1.10 bits per heavy atom. The number of hydrogen-bond acceptors (Lipinski definition) is 4. The van der Waals surface area contributed by atoms with Gasteiger partial charge in [-0.05, 0) is 51.0 Å². The van der Waals surface area contributed by atoms with Crippen LogP contribution in [0.25, 0.3) is 0 Å². The Bertz CT molecular complexity index is 806. The maximum absolute atomic E-state index is 12.0. The molecule has 0 saturated carbocycles. The summed E-state index contributed by atoms with van der Waals surface area (Å²) in [6, 6.07) is 10.3. The topological polar surface area (TPSA) is 81.9 Å². The first-order chi connectivity index (χ1) is 14.0. The van der Waals surface area contributed by atoms with Crippen LogP contribution in [0.2, 0.25) is 0 Å². The number of hydrogen-bond donors (Lipinski definition) is 3. The van der Waals surface area contributed by atoms with Gasteiger partial charge in [0.05, 0.1) is 6.26 Å². The van der Waals surface area contributed by atoms with Crippen molar-refractivity contribution in [1.29, 1.82) is 0 Å². The van der Waals surface area contributed by atoms with Crippen molar-refractivity contribution in [2.24, 2.45) is 4.99 Å². The van der Waals surface area contributed by atoms with Gasteiger partial charge in [0, 0.05) is 51.0 Å². The van der Waals surface area contributed by atoms with Crippen LogP contribution in [-0.4, -0.2) is 51.6 Å². The van der Waals surface area contributed by atoms with E-state index in [1.54, 1.807) is 13.1 Å². The monoisotopic (exact) mass is 527 g/mol. The van der Waals surface area contributed by atoms with E-state index in [9.17, 15) is 4.79 Å². The second-order valence-corrected chi connectivity index (χ2v) is 6.89. The van der Waals surface area contributed by atoms with E-state index in [-0.39, 0.29) is 29.9 Å². The Hall–Kier alpha value is -2.23. The second-order valence-electron chi connectivity index (χ2n) is 6.89. The van der Waals surface area contributed by atoms with Crippen molar-refractivity contribution in [3.63, 3.8) is 0 Å². The number of furan rings is 1.